The third-order valence-electron chi connectivity index (χ3n) is 3.40. The van der Waals surface area contributed by atoms with Crippen LogP contribution in [-0.4, -0.2) is 37.9 Å². The fourth-order valence-electron chi connectivity index (χ4n) is 2.12. The van der Waals surface area contributed by atoms with Gasteiger partial charge in [0.1, 0.15) is 11.5 Å². The van der Waals surface area contributed by atoms with Crippen molar-refractivity contribution in [2.75, 3.05) is 13.7 Å². The summed E-state index contributed by atoms with van der Waals surface area (Å²) in [6.07, 6.45) is 1.34. The number of methoxy groups -OCH3 is 1. The molecule has 0 atom stereocenters. The van der Waals surface area contributed by atoms with Crippen LogP contribution in [0.1, 0.15) is 29.8 Å². The van der Waals surface area contributed by atoms with Crippen LogP contribution in [0.15, 0.2) is 47.6 Å². The number of nitrogens with one attached hydrogen (secondary N) is 1. The van der Waals surface area contributed by atoms with E-state index in [4.69, 9.17) is 14.2 Å². The largest absolute Gasteiger partial charge is 0.496 e. The molecule has 0 heterocycles. The lowest BCUT2D eigenvalue weighted by atomic mass is 10.2. The summed E-state index contributed by atoms with van der Waals surface area (Å²) in [6, 6.07) is 12.1. The van der Waals surface area contributed by atoms with Crippen LogP contribution in [0.5, 0.6) is 11.5 Å². The molecular weight excluding hydrogens is 475 g/mol. The van der Waals surface area contributed by atoms with Crippen molar-refractivity contribution in [2.24, 2.45) is 5.10 Å². The van der Waals surface area contributed by atoms with Crippen molar-refractivity contribution in [1.82, 2.24) is 5.43 Å². The van der Waals surface area contributed by atoms with Gasteiger partial charge in [0.25, 0.3) is 5.91 Å². The highest BCUT2D eigenvalue weighted by Crippen LogP contribution is 2.21. The molecule has 0 saturated carbocycles. The van der Waals surface area contributed by atoms with E-state index in [-0.39, 0.29) is 18.6 Å². The minimum atomic E-state index is -0.421. The predicted octanol–water partition coefficient (Wildman–Crippen LogP) is 3.39. The molecule has 2 rings (SSSR count). The molecule has 1 amide bonds. The van der Waals surface area contributed by atoms with E-state index in [0.717, 1.165) is 9.13 Å². The second-order valence-electron chi connectivity index (χ2n) is 5.94. The first-order valence-corrected chi connectivity index (χ1v) is 9.56. The maximum Gasteiger partial charge on any atom is 0.344 e. The molecule has 0 aromatic heterocycles. The van der Waals surface area contributed by atoms with Crippen molar-refractivity contribution in [1.29, 1.82) is 0 Å². The number of nitrogens with zero attached hydrogens (tertiary/aromatic N) is 1. The van der Waals surface area contributed by atoms with Gasteiger partial charge in [0, 0.05) is 5.56 Å². The van der Waals surface area contributed by atoms with Gasteiger partial charge < -0.3 is 14.2 Å². The van der Waals surface area contributed by atoms with Gasteiger partial charge in [0.2, 0.25) is 0 Å². The number of amides is 1. The van der Waals surface area contributed by atoms with Crippen molar-refractivity contribution in [3.63, 3.8) is 0 Å². The molecule has 0 bridgehead atoms. The van der Waals surface area contributed by atoms with Gasteiger partial charge in [-0.05, 0) is 84.5 Å². The third kappa shape index (κ3) is 6.84. The van der Waals surface area contributed by atoms with E-state index >= 15 is 0 Å². The minimum Gasteiger partial charge on any atom is -0.496 e. The van der Waals surface area contributed by atoms with E-state index < -0.39 is 5.97 Å². The van der Waals surface area contributed by atoms with Crippen molar-refractivity contribution >= 4 is 40.7 Å². The molecule has 0 aliphatic carbocycles. The molecule has 148 valence electrons. The molecule has 0 radical (unpaired) electrons. The number of hydrogen-bond donors (Lipinski definition) is 1. The Morgan fingerprint density at radius 1 is 1.18 bits per heavy atom. The van der Waals surface area contributed by atoms with Gasteiger partial charge in [-0.3, -0.25) is 4.79 Å². The molecule has 0 aliphatic rings. The van der Waals surface area contributed by atoms with Crippen LogP contribution in [0.4, 0.5) is 0 Å². The van der Waals surface area contributed by atoms with E-state index in [2.05, 4.69) is 33.1 Å². The van der Waals surface area contributed by atoms with E-state index in [0.29, 0.717) is 17.1 Å². The number of ether oxygens (including phenoxy) is 3. The number of halogens is 1. The van der Waals surface area contributed by atoms with Gasteiger partial charge in [-0.1, -0.05) is 0 Å². The number of esters is 1. The van der Waals surface area contributed by atoms with Crippen molar-refractivity contribution in [3.05, 3.63) is 57.2 Å². The van der Waals surface area contributed by atoms with Gasteiger partial charge in [-0.25, -0.2) is 10.2 Å². The van der Waals surface area contributed by atoms with Crippen LogP contribution in [-0.2, 0) is 9.53 Å². The lowest BCUT2D eigenvalue weighted by molar-refractivity contribution is -0.149. The zero-order chi connectivity index (χ0) is 20.5. The molecule has 28 heavy (non-hydrogen) atoms. The Balaban J connectivity index is 1.87. The summed E-state index contributed by atoms with van der Waals surface area (Å²) < 4.78 is 16.5. The highest BCUT2D eigenvalue weighted by molar-refractivity contribution is 14.1. The molecule has 0 aliphatic heterocycles. The fraction of sp³-hybridized carbons (Fsp3) is 0.250. The van der Waals surface area contributed by atoms with E-state index in [1.165, 1.54) is 6.21 Å². The van der Waals surface area contributed by atoms with Crippen LogP contribution >= 0.6 is 22.6 Å². The molecule has 7 nitrogen and oxygen atoms in total. The van der Waals surface area contributed by atoms with Crippen molar-refractivity contribution in [3.8, 4) is 11.5 Å². The van der Waals surface area contributed by atoms with Gasteiger partial charge >= 0.3 is 5.97 Å². The first-order valence-electron chi connectivity index (χ1n) is 8.48. The molecule has 0 unspecified atom stereocenters. The average molecular weight is 496 g/mol. The average Bonchev–Trinajstić information content (AvgIpc) is 2.67. The lowest BCUT2D eigenvalue weighted by Crippen LogP contribution is -2.18. The summed E-state index contributed by atoms with van der Waals surface area (Å²) in [7, 11) is 1.55. The predicted molar refractivity (Wildman–Crippen MR) is 114 cm³/mol. The standard InChI is InChI=1S/C20H21IN2O5/c1-13(2)28-19(24)12-27-16-7-4-14(5-8-16)11-22-23-20(25)15-6-9-17(21)18(10-15)26-3/h4-11,13H,12H2,1-3H3,(H,23,25)/b22-11+. The number of carbonyl (C=O) groups is 2. The Bertz CT molecular complexity index is 850. The maximum atomic E-state index is 12.1. The summed E-state index contributed by atoms with van der Waals surface area (Å²) >= 11 is 2.13. The fourth-order valence-corrected chi connectivity index (χ4v) is 2.68. The monoisotopic (exact) mass is 496 g/mol. The smallest absolute Gasteiger partial charge is 0.344 e. The summed E-state index contributed by atoms with van der Waals surface area (Å²) in [5.41, 5.74) is 3.68. The molecule has 0 spiro atoms. The molecule has 0 saturated heterocycles. The normalized spacial score (nSPS) is 10.8. The summed E-state index contributed by atoms with van der Waals surface area (Å²) in [5, 5.41) is 3.95. The molecule has 1 N–H and O–H groups in total. The second-order valence-corrected chi connectivity index (χ2v) is 7.11. The number of hydrazone groups is 1. The first kappa shape index (κ1) is 21.7. The molecule has 2 aromatic rings. The van der Waals surface area contributed by atoms with Crippen LogP contribution < -0.4 is 14.9 Å². The zero-order valence-electron chi connectivity index (χ0n) is 15.8. The number of rotatable bonds is 8. The Kier molecular flexibility index (Phi) is 8.24. The summed E-state index contributed by atoms with van der Waals surface area (Å²) in [6.45, 7) is 3.40. The molecular formula is C20H21IN2O5. The second kappa shape index (κ2) is 10.6. The molecule has 8 heteroatoms. The Morgan fingerprint density at radius 3 is 2.54 bits per heavy atom. The first-order chi connectivity index (χ1) is 13.4. The van der Waals surface area contributed by atoms with E-state index in [1.807, 2.05) is 0 Å². The Hall–Kier alpha value is -2.62. The van der Waals surface area contributed by atoms with Crippen LogP contribution in [0.3, 0.4) is 0 Å². The van der Waals surface area contributed by atoms with E-state index in [1.54, 1.807) is 63.4 Å². The van der Waals surface area contributed by atoms with Crippen molar-refractivity contribution in [2.45, 2.75) is 20.0 Å². The Morgan fingerprint density at radius 2 is 1.89 bits per heavy atom. The van der Waals surface area contributed by atoms with Crippen LogP contribution in [0.2, 0.25) is 0 Å². The Labute approximate surface area is 177 Å². The zero-order valence-corrected chi connectivity index (χ0v) is 17.9. The quantitative estimate of drug-likeness (QED) is 0.262. The van der Waals surface area contributed by atoms with Crippen LogP contribution in [0.25, 0.3) is 0 Å². The van der Waals surface area contributed by atoms with Gasteiger partial charge in [-0.2, -0.15) is 5.10 Å². The van der Waals surface area contributed by atoms with Crippen LogP contribution in [0, 0.1) is 3.57 Å². The van der Waals surface area contributed by atoms with Gasteiger partial charge in [0.15, 0.2) is 6.61 Å². The van der Waals surface area contributed by atoms with Gasteiger partial charge in [0.05, 0.1) is 23.0 Å². The number of hydrogen-bond acceptors (Lipinski definition) is 6. The minimum absolute atomic E-state index is 0.152. The molecule has 2 aromatic carbocycles. The van der Waals surface area contributed by atoms with Gasteiger partial charge in [-0.15, -0.1) is 0 Å². The number of benzene rings is 2. The molecule has 0 fully saturated rings. The summed E-state index contributed by atoms with van der Waals surface area (Å²) in [5.74, 6) is 0.406. The highest BCUT2D eigenvalue weighted by Gasteiger charge is 2.08. The summed E-state index contributed by atoms with van der Waals surface area (Å²) in [4.78, 5) is 23.6. The SMILES string of the molecule is COc1cc(C(=O)N/N=C/c2ccc(OCC(=O)OC(C)C)cc2)ccc1I. The third-order valence-corrected chi connectivity index (χ3v) is 4.29. The van der Waals surface area contributed by atoms with E-state index in [9.17, 15) is 9.59 Å². The highest BCUT2D eigenvalue weighted by atomic mass is 127. The maximum absolute atomic E-state index is 12.1. The van der Waals surface area contributed by atoms with Crippen molar-refractivity contribution < 1.29 is 23.8 Å². The topological polar surface area (TPSA) is 86.2 Å². The number of carbonyl (C=O) groups excluding carboxylic acids is 2. The lowest BCUT2D eigenvalue weighted by Gasteiger charge is -2.09.